The molecule has 1 aromatic heterocycles. The largest absolute Gasteiger partial charge is 0.390 e. The van der Waals surface area contributed by atoms with Crippen molar-refractivity contribution in [2.45, 2.75) is 5.92 Å². The number of aromatic amines is 1. The molecule has 0 aliphatic rings. The van der Waals surface area contributed by atoms with Crippen molar-refractivity contribution in [2.75, 3.05) is 6.61 Å². The van der Waals surface area contributed by atoms with Crippen LogP contribution in [0.25, 0.3) is 10.9 Å². The highest BCUT2D eigenvalue weighted by atomic mass is 19.3. The Kier molecular flexibility index (Phi) is 2.00. The standard InChI is InChI=1S/C10H9F2NO/c11-10(12,6-14)8-1-2-9-7(5-8)3-4-13-9/h1-5,13-14H,6H2. The molecule has 0 atom stereocenters. The molecule has 0 aliphatic carbocycles. The molecular formula is C10H9F2NO. The van der Waals surface area contributed by atoms with Crippen LogP contribution >= 0.6 is 0 Å². The number of aliphatic hydroxyl groups excluding tert-OH is 1. The molecule has 0 amide bonds. The molecule has 0 unspecified atom stereocenters. The van der Waals surface area contributed by atoms with Crippen molar-refractivity contribution < 1.29 is 13.9 Å². The van der Waals surface area contributed by atoms with Crippen LogP contribution in [0.1, 0.15) is 5.56 Å². The summed E-state index contributed by atoms with van der Waals surface area (Å²) >= 11 is 0. The molecule has 74 valence electrons. The normalized spacial score (nSPS) is 12.2. The van der Waals surface area contributed by atoms with E-state index in [-0.39, 0.29) is 5.56 Å². The van der Waals surface area contributed by atoms with Crippen LogP contribution in [0.5, 0.6) is 0 Å². The molecule has 2 nitrogen and oxygen atoms in total. The Balaban J connectivity index is 2.53. The van der Waals surface area contributed by atoms with Gasteiger partial charge in [0.15, 0.2) is 0 Å². The molecule has 1 heterocycles. The van der Waals surface area contributed by atoms with E-state index < -0.39 is 12.5 Å². The number of aromatic nitrogens is 1. The number of halogens is 2. The summed E-state index contributed by atoms with van der Waals surface area (Å²) in [5.41, 5.74) is 0.648. The smallest absolute Gasteiger partial charge is 0.295 e. The van der Waals surface area contributed by atoms with Crippen molar-refractivity contribution in [1.82, 2.24) is 4.98 Å². The van der Waals surface area contributed by atoms with Crippen molar-refractivity contribution >= 4 is 10.9 Å². The zero-order chi connectivity index (χ0) is 10.2. The number of fused-ring (bicyclic) bond motifs is 1. The Morgan fingerprint density at radius 2 is 2.07 bits per heavy atom. The number of alkyl halides is 2. The van der Waals surface area contributed by atoms with Gasteiger partial charge in [0.2, 0.25) is 0 Å². The molecule has 2 aromatic rings. The highest BCUT2D eigenvalue weighted by molar-refractivity contribution is 5.80. The number of benzene rings is 1. The molecule has 4 heteroatoms. The van der Waals surface area contributed by atoms with Crippen LogP contribution in [-0.2, 0) is 5.92 Å². The average molecular weight is 197 g/mol. The molecule has 0 saturated carbocycles. The fraction of sp³-hybridized carbons (Fsp3) is 0.200. The maximum atomic E-state index is 13.1. The zero-order valence-electron chi connectivity index (χ0n) is 7.30. The van der Waals surface area contributed by atoms with Gasteiger partial charge in [0.1, 0.15) is 6.61 Å². The van der Waals surface area contributed by atoms with Gasteiger partial charge >= 0.3 is 0 Å². The fourth-order valence-electron chi connectivity index (χ4n) is 1.37. The van der Waals surface area contributed by atoms with Gasteiger partial charge in [-0.3, -0.25) is 0 Å². The van der Waals surface area contributed by atoms with Gasteiger partial charge in [-0.25, -0.2) is 0 Å². The maximum Gasteiger partial charge on any atom is 0.295 e. The maximum absolute atomic E-state index is 13.1. The van der Waals surface area contributed by atoms with Crippen molar-refractivity contribution in [3.63, 3.8) is 0 Å². The highest BCUT2D eigenvalue weighted by Crippen LogP contribution is 2.29. The molecule has 0 fully saturated rings. The van der Waals surface area contributed by atoms with Gasteiger partial charge in [0, 0.05) is 17.3 Å². The highest BCUT2D eigenvalue weighted by Gasteiger charge is 2.30. The number of hydrogen-bond acceptors (Lipinski definition) is 1. The number of nitrogens with one attached hydrogen (secondary N) is 1. The molecule has 2 rings (SSSR count). The summed E-state index contributed by atoms with van der Waals surface area (Å²) in [6.45, 7) is -1.16. The predicted octanol–water partition coefficient (Wildman–Crippen LogP) is 2.25. The van der Waals surface area contributed by atoms with Gasteiger partial charge in [-0.15, -0.1) is 0 Å². The van der Waals surface area contributed by atoms with Crippen LogP contribution in [-0.4, -0.2) is 16.7 Å². The number of hydrogen-bond donors (Lipinski definition) is 2. The topological polar surface area (TPSA) is 36.0 Å². The Hall–Kier alpha value is -1.42. The third kappa shape index (κ3) is 1.37. The first-order valence-electron chi connectivity index (χ1n) is 4.20. The first kappa shape index (κ1) is 9.15. The first-order chi connectivity index (χ1) is 6.63. The molecule has 0 saturated heterocycles. The molecule has 0 radical (unpaired) electrons. The van der Waals surface area contributed by atoms with Crippen molar-refractivity contribution in [3.05, 3.63) is 36.0 Å². The summed E-state index contributed by atoms with van der Waals surface area (Å²) in [7, 11) is 0. The van der Waals surface area contributed by atoms with E-state index in [1.165, 1.54) is 12.1 Å². The van der Waals surface area contributed by atoms with E-state index in [1.807, 2.05) is 0 Å². The van der Waals surface area contributed by atoms with E-state index in [4.69, 9.17) is 5.11 Å². The van der Waals surface area contributed by atoms with Crippen LogP contribution in [0.4, 0.5) is 8.78 Å². The van der Waals surface area contributed by atoms with E-state index in [9.17, 15) is 8.78 Å². The van der Waals surface area contributed by atoms with E-state index in [1.54, 1.807) is 18.3 Å². The molecule has 14 heavy (non-hydrogen) atoms. The van der Waals surface area contributed by atoms with Crippen LogP contribution in [0.3, 0.4) is 0 Å². The second-order valence-corrected chi connectivity index (χ2v) is 3.14. The van der Waals surface area contributed by atoms with Crippen LogP contribution in [0, 0.1) is 0 Å². The summed E-state index contributed by atoms with van der Waals surface area (Å²) in [6.07, 6.45) is 1.69. The molecule has 0 spiro atoms. The molecular weight excluding hydrogens is 188 g/mol. The lowest BCUT2D eigenvalue weighted by molar-refractivity contribution is -0.0555. The van der Waals surface area contributed by atoms with Gasteiger partial charge in [0.05, 0.1) is 0 Å². The monoisotopic (exact) mass is 197 g/mol. The van der Waals surface area contributed by atoms with Crippen molar-refractivity contribution in [2.24, 2.45) is 0 Å². The molecule has 1 aromatic carbocycles. The van der Waals surface area contributed by atoms with E-state index in [0.29, 0.717) is 0 Å². The minimum absolute atomic E-state index is 0.160. The number of aliphatic hydroxyl groups is 1. The lowest BCUT2D eigenvalue weighted by atomic mass is 10.1. The second kappa shape index (κ2) is 3.06. The lowest BCUT2D eigenvalue weighted by Gasteiger charge is -2.13. The van der Waals surface area contributed by atoms with E-state index >= 15 is 0 Å². The third-order valence-electron chi connectivity index (χ3n) is 2.17. The summed E-state index contributed by atoms with van der Waals surface area (Å²) in [6, 6.07) is 5.98. The van der Waals surface area contributed by atoms with Gasteiger partial charge < -0.3 is 10.1 Å². The van der Waals surface area contributed by atoms with Crippen LogP contribution < -0.4 is 0 Å². The third-order valence-corrected chi connectivity index (χ3v) is 2.17. The van der Waals surface area contributed by atoms with Gasteiger partial charge in [-0.05, 0) is 23.6 Å². The SMILES string of the molecule is OCC(F)(F)c1ccc2[nH]ccc2c1. The Morgan fingerprint density at radius 3 is 2.79 bits per heavy atom. The summed E-state index contributed by atoms with van der Waals surface area (Å²) in [5, 5.41) is 9.23. The second-order valence-electron chi connectivity index (χ2n) is 3.14. The van der Waals surface area contributed by atoms with Crippen molar-refractivity contribution in [3.8, 4) is 0 Å². The van der Waals surface area contributed by atoms with E-state index in [0.717, 1.165) is 10.9 Å². The fourth-order valence-corrected chi connectivity index (χ4v) is 1.37. The average Bonchev–Trinajstić information content (AvgIpc) is 2.64. The Labute approximate surface area is 79.2 Å². The van der Waals surface area contributed by atoms with Gasteiger partial charge in [0.25, 0.3) is 5.92 Å². The summed E-state index contributed by atoms with van der Waals surface area (Å²) < 4.78 is 26.1. The van der Waals surface area contributed by atoms with E-state index in [2.05, 4.69) is 4.98 Å². The zero-order valence-corrected chi connectivity index (χ0v) is 7.30. The predicted molar refractivity (Wildman–Crippen MR) is 49.3 cm³/mol. The summed E-state index contributed by atoms with van der Waals surface area (Å²) in [4.78, 5) is 2.91. The first-order valence-corrected chi connectivity index (χ1v) is 4.20. The quantitative estimate of drug-likeness (QED) is 0.761. The van der Waals surface area contributed by atoms with Crippen LogP contribution in [0.2, 0.25) is 0 Å². The molecule has 0 aliphatic heterocycles. The minimum atomic E-state index is -3.16. The summed E-state index contributed by atoms with van der Waals surface area (Å²) in [5.74, 6) is -3.16. The Bertz CT molecular complexity index is 450. The molecule has 0 bridgehead atoms. The lowest BCUT2D eigenvalue weighted by Crippen LogP contribution is -2.18. The van der Waals surface area contributed by atoms with Crippen LogP contribution in [0.15, 0.2) is 30.5 Å². The minimum Gasteiger partial charge on any atom is -0.390 e. The van der Waals surface area contributed by atoms with Gasteiger partial charge in [-0.1, -0.05) is 6.07 Å². The molecule has 2 N–H and O–H groups in total. The van der Waals surface area contributed by atoms with Crippen molar-refractivity contribution in [1.29, 1.82) is 0 Å². The number of H-pyrrole nitrogens is 1. The Morgan fingerprint density at radius 1 is 1.29 bits per heavy atom. The number of rotatable bonds is 2. The van der Waals surface area contributed by atoms with Gasteiger partial charge in [-0.2, -0.15) is 8.78 Å².